The number of carbonyl (C=O) groups excluding carboxylic acids is 2. The van der Waals surface area contributed by atoms with E-state index in [4.69, 9.17) is 9.47 Å². The first kappa shape index (κ1) is 15.7. The van der Waals surface area contributed by atoms with E-state index in [2.05, 4.69) is 5.32 Å². The van der Waals surface area contributed by atoms with Gasteiger partial charge in [-0.05, 0) is 33.6 Å². The lowest BCUT2D eigenvalue weighted by atomic mass is 9.93. The first-order valence-corrected chi connectivity index (χ1v) is 5.80. The van der Waals surface area contributed by atoms with Crippen LogP contribution >= 0.6 is 0 Å². The van der Waals surface area contributed by atoms with Crippen molar-refractivity contribution in [3.8, 4) is 0 Å². The van der Waals surface area contributed by atoms with Crippen molar-refractivity contribution in [1.29, 1.82) is 0 Å². The third-order valence-corrected chi connectivity index (χ3v) is 2.52. The summed E-state index contributed by atoms with van der Waals surface area (Å²) in [5.74, 6) is -0.451. The highest BCUT2D eigenvalue weighted by Gasteiger charge is 2.38. The van der Waals surface area contributed by atoms with E-state index >= 15 is 0 Å². The monoisotopic (exact) mass is 245 g/mol. The minimum Gasteiger partial charge on any atom is -0.467 e. The van der Waals surface area contributed by atoms with Gasteiger partial charge in [0.1, 0.15) is 11.1 Å². The molecule has 0 fully saturated rings. The Labute approximate surface area is 103 Å². The van der Waals surface area contributed by atoms with Crippen LogP contribution in [0.25, 0.3) is 0 Å². The summed E-state index contributed by atoms with van der Waals surface area (Å²) in [5.41, 5.74) is -1.59. The average Bonchev–Trinajstić information content (AvgIpc) is 2.22. The molecule has 0 saturated carbocycles. The quantitative estimate of drug-likeness (QED) is 0.771. The van der Waals surface area contributed by atoms with Crippen LogP contribution in [0.15, 0.2) is 0 Å². The molecular formula is C12H23NO4. The Bertz CT molecular complexity index is 277. The number of hydrogen-bond acceptors (Lipinski definition) is 4. The summed E-state index contributed by atoms with van der Waals surface area (Å²) in [6, 6.07) is 0. The Kier molecular flexibility index (Phi) is 5.45. The van der Waals surface area contributed by atoms with Gasteiger partial charge in [0.25, 0.3) is 0 Å². The molecule has 1 N–H and O–H groups in total. The van der Waals surface area contributed by atoms with Gasteiger partial charge in [-0.1, -0.05) is 13.8 Å². The van der Waals surface area contributed by atoms with E-state index in [1.54, 1.807) is 20.8 Å². The van der Waals surface area contributed by atoms with E-state index in [1.165, 1.54) is 7.11 Å². The molecule has 1 amide bonds. The number of ether oxygens (including phenoxy) is 2. The molecule has 0 heterocycles. The number of esters is 1. The first-order chi connectivity index (χ1) is 7.70. The lowest BCUT2D eigenvalue weighted by Gasteiger charge is -2.31. The molecule has 0 aliphatic rings. The molecule has 0 aromatic heterocycles. The van der Waals surface area contributed by atoms with Crippen molar-refractivity contribution >= 4 is 12.1 Å². The Balaban J connectivity index is 4.77. The molecule has 100 valence electrons. The van der Waals surface area contributed by atoms with Gasteiger partial charge in [0, 0.05) is 0 Å². The summed E-state index contributed by atoms with van der Waals surface area (Å²) in [7, 11) is 1.30. The minimum atomic E-state index is -1.00. The molecule has 0 rings (SSSR count). The Morgan fingerprint density at radius 1 is 1.12 bits per heavy atom. The zero-order valence-corrected chi connectivity index (χ0v) is 11.5. The van der Waals surface area contributed by atoms with Gasteiger partial charge in [-0.3, -0.25) is 0 Å². The van der Waals surface area contributed by atoms with Crippen LogP contribution in [0, 0.1) is 0 Å². The fourth-order valence-electron chi connectivity index (χ4n) is 1.46. The summed E-state index contributed by atoms with van der Waals surface area (Å²) in [5, 5.41) is 2.60. The minimum absolute atomic E-state index is 0.451. The van der Waals surface area contributed by atoms with Crippen LogP contribution in [-0.4, -0.2) is 30.3 Å². The fraction of sp³-hybridized carbons (Fsp3) is 0.833. The van der Waals surface area contributed by atoms with Crippen molar-refractivity contribution in [3.63, 3.8) is 0 Å². The smallest absolute Gasteiger partial charge is 0.408 e. The van der Waals surface area contributed by atoms with Gasteiger partial charge < -0.3 is 14.8 Å². The normalized spacial score (nSPS) is 11.9. The van der Waals surface area contributed by atoms with Crippen molar-refractivity contribution in [2.24, 2.45) is 0 Å². The number of rotatable bonds is 4. The van der Waals surface area contributed by atoms with Gasteiger partial charge >= 0.3 is 12.1 Å². The van der Waals surface area contributed by atoms with Gasteiger partial charge in [-0.15, -0.1) is 0 Å². The molecular weight excluding hydrogens is 222 g/mol. The van der Waals surface area contributed by atoms with E-state index in [-0.39, 0.29) is 0 Å². The van der Waals surface area contributed by atoms with E-state index in [0.29, 0.717) is 12.8 Å². The van der Waals surface area contributed by atoms with Gasteiger partial charge in [-0.2, -0.15) is 0 Å². The molecule has 0 spiro atoms. The molecule has 0 atom stereocenters. The zero-order valence-electron chi connectivity index (χ0n) is 11.5. The van der Waals surface area contributed by atoms with Gasteiger partial charge in [-0.25, -0.2) is 9.59 Å². The standard InChI is InChI=1S/C12H23NO4/c1-7-12(8-2,9(14)16-6)13-10(15)17-11(3,4)5/h7-8H2,1-6H3,(H,13,15). The van der Waals surface area contributed by atoms with Gasteiger partial charge in [0.15, 0.2) is 0 Å². The zero-order chi connectivity index (χ0) is 13.7. The number of amides is 1. The SMILES string of the molecule is CCC(CC)(NC(=O)OC(C)(C)C)C(=O)OC. The highest BCUT2D eigenvalue weighted by molar-refractivity contribution is 5.85. The maximum Gasteiger partial charge on any atom is 0.408 e. The summed E-state index contributed by atoms with van der Waals surface area (Å²) < 4.78 is 9.85. The van der Waals surface area contributed by atoms with Crippen molar-refractivity contribution in [2.45, 2.75) is 58.6 Å². The van der Waals surface area contributed by atoms with Crippen LogP contribution in [0.1, 0.15) is 47.5 Å². The predicted molar refractivity (Wildman–Crippen MR) is 64.7 cm³/mol. The van der Waals surface area contributed by atoms with Gasteiger partial charge in [0.2, 0.25) is 0 Å². The predicted octanol–water partition coefficient (Wildman–Crippen LogP) is 2.24. The highest BCUT2D eigenvalue weighted by Crippen LogP contribution is 2.18. The second kappa shape index (κ2) is 5.89. The molecule has 5 heteroatoms. The summed E-state index contributed by atoms with van der Waals surface area (Å²) >= 11 is 0. The fourth-order valence-corrected chi connectivity index (χ4v) is 1.46. The van der Waals surface area contributed by atoms with Gasteiger partial charge in [0.05, 0.1) is 7.11 Å². The highest BCUT2D eigenvalue weighted by atomic mass is 16.6. The number of carbonyl (C=O) groups is 2. The third kappa shape index (κ3) is 4.63. The first-order valence-electron chi connectivity index (χ1n) is 5.80. The maximum atomic E-state index is 11.7. The summed E-state index contributed by atoms with van der Waals surface area (Å²) in [4.78, 5) is 23.4. The average molecular weight is 245 g/mol. The lowest BCUT2D eigenvalue weighted by Crippen LogP contribution is -2.55. The van der Waals surface area contributed by atoms with Crippen LogP contribution < -0.4 is 5.32 Å². The second-order valence-corrected chi connectivity index (χ2v) is 4.91. The Hall–Kier alpha value is -1.26. The number of hydrogen-bond donors (Lipinski definition) is 1. The topological polar surface area (TPSA) is 64.6 Å². The van der Waals surface area contributed by atoms with Crippen LogP contribution in [-0.2, 0) is 14.3 Å². The lowest BCUT2D eigenvalue weighted by molar-refractivity contribution is -0.149. The molecule has 0 aromatic carbocycles. The van der Waals surface area contributed by atoms with E-state index in [9.17, 15) is 9.59 Å². The largest absolute Gasteiger partial charge is 0.467 e. The Morgan fingerprint density at radius 3 is 1.88 bits per heavy atom. The molecule has 0 unspecified atom stereocenters. The maximum absolute atomic E-state index is 11.7. The number of methoxy groups -OCH3 is 1. The molecule has 5 nitrogen and oxygen atoms in total. The Morgan fingerprint density at radius 2 is 1.59 bits per heavy atom. The van der Waals surface area contributed by atoms with Crippen molar-refractivity contribution in [2.75, 3.05) is 7.11 Å². The van der Waals surface area contributed by atoms with Crippen LogP contribution in [0.4, 0.5) is 4.79 Å². The molecule has 0 saturated heterocycles. The molecule has 17 heavy (non-hydrogen) atoms. The molecule has 0 bridgehead atoms. The summed E-state index contributed by atoms with van der Waals surface area (Å²) in [6.07, 6.45) is 0.303. The number of nitrogens with one attached hydrogen (secondary N) is 1. The third-order valence-electron chi connectivity index (χ3n) is 2.52. The van der Waals surface area contributed by atoms with Crippen LogP contribution in [0.2, 0.25) is 0 Å². The summed E-state index contributed by atoms with van der Waals surface area (Å²) in [6.45, 7) is 8.94. The molecule has 0 radical (unpaired) electrons. The number of alkyl carbamates (subject to hydrolysis) is 1. The van der Waals surface area contributed by atoms with Crippen LogP contribution in [0.3, 0.4) is 0 Å². The van der Waals surface area contributed by atoms with E-state index in [0.717, 1.165) is 0 Å². The second-order valence-electron chi connectivity index (χ2n) is 4.91. The van der Waals surface area contributed by atoms with E-state index in [1.807, 2.05) is 13.8 Å². The van der Waals surface area contributed by atoms with Crippen molar-refractivity contribution in [1.82, 2.24) is 5.32 Å². The van der Waals surface area contributed by atoms with Crippen molar-refractivity contribution < 1.29 is 19.1 Å². The van der Waals surface area contributed by atoms with E-state index < -0.39 is 23.2 Å². The molecule has 0 aliphatic carbocycles. The molecule has 0 aliphatic heterocycles. The molecule has 0 aromatic rings. The van der Waals surface area contributed by atoms with Crippen LogP contribution in [0.5, 0.6) is 0 Å². The van der Waals surface area contributed by atoms with Crippen molar-refractivity contribution in [3.05, 3.63) is 0 Å².